The first-order valence-corrected chi connectivity index (χ1v) is 8.28. The number of allylic oxidation sites excluding steroid dienone is 1. The van der Waals surface area contributed by atoms with Crippen molar-refractivity contribution >= 4 is 17.6 Å². The van der Waals surface area contributed by atoms with Gasteiger partial charge < -0.3 is 16.0 Å². The third kappa shape index (κ3) is 3.44. The van der Waals surface area contributed by atoms with E-state index in [1.54, 1.807) is 19.1 Å². The Hall–Kier alpha value is -3.15. The van der Waals surface area contributed by atoms with Crippen molar-refractivity contribution in [2.24, 2.45) is 0 Å². The fourth-order valence-electron chi connectivity index (χ4n) is 2.98. The summed E-state index contributed by atoms with van der Waals surface area (Å²) in [5.41, 5.74) is 4.24. The van der Waals surface area contributed by atoms with Crippen molar-refractivity contribution in [2.75, 3.05) is 5.32 Å². The number of hydrogen-bond acceptors (Lipinski definition) is 2. The van der Waals surface area contributed by atoms with Crippen LogP contribution in [0.4, 0.5) is 14.9 Å². The molecular weight excluding hydrogens is 333 g/mol. The van der Waals surface area contributed by atoms with Crippen molar-refractivity contribution in [1.82, 2.24) is 10.6 Å². The van der Waals surface area contributed by atoms with Crippen LogP contribution in [-0.2, 0) is 4.79 Å². The number of rotatable bonds is 3. The molecule has 2 aromatic carbocycles. The molecule has 3 rings (SSSR count). The second kappa shape index (κ2) is 7.00. The second-order valence-corrected chi connectivity index (χ2v) is 6.32. The Balaban J connectivity index is 1.96. The maximum Gasteiger partial charge on any atom is 0.319 e. The number of amides is 3. The Kier molecular flexibility index (Phi) is 4.75. The van der Waals surface area contributed by atoms with E-state index in [9.17, 15) is 14.0 Å². The molecule has 6 heteroatoms. The lowest BCUT2D eigenvalue weighted by Crippen LogP contribution is -2.46. The first-order chi connectivity index (χ1) is 12.4. The van der Waals surface area contributed by atoms with Crippen molar-refractivity contribution in [2.45, 2.75) is 26.8 Å². The van der Waals surface area contributed by atoms with Gasteiger partial charge in [0.05, 0.1) is 11.6 Å². The maximum atomic E-state index is 13.2. The van der Waals surface area contributed by atoms with Crippen LogP contribution in [0.5, 0.6) is 0 Å². The Morgan fingerprint density at radius 2 is 1.77 bits per heavy atom. The molecule has 134 valence electrons. The van der Waals surface area contributed by atoms with Gasteiger partial charge in [-0.1, -0.05) is 24.3 Å². The summed E-state index contributed by atoms with van der Waals surface area (Å²) in [4.78, 5) is 24.9. The maximum absolute atomic E-state index is 13.2. The second-order valence-electron chi connectivity index (χ2n) is 6.32. The van der Waals surface area contributed by atoms with Crippen molar-refractivity contribution in [1.29, 1.82) is 0 Å². The minimum Gasteiger partial charge on any atom is -0.327 e. The van der Waals surface area contributed by atoms with Gasteiger partial charge in [0.2, 0.25) is 0 Å². The van der Waals surface area contributed by atoms with Gasteiger partial charge in [0.25, 0.3) is 5.91 Å². The summed E-state index contributed by atoms with van der Waals surface area (Å²) in [6.45, 7) is 5.58. The SMILES string of the molecule is CC1=C(C(=O)Nc2cccc(C)c2C)[C@H](c2ccc(F)cc2)NC(=O)N1. The summed E-state index contributed by atoms with van der Waals surface area (Å²) in [5.74, 6) is -0.700. The van der Waals surface area contributed by atoms with E-state index in [1.165, 1.54) is 12.1 Å². The van der Waals surface area contributed by atoms with Gasteiger partial charge in [0.1, 0.15) is 5.82 Å². The summed E-state index contributed by atoms with van der Waals surface area (Å²) in [6, 6.07) is 10.3. The fourth-order valence-corrected chi connectivity index (χ4v) is 2.98. The van der Waals surface area contributed by atoms with E-state index >= 15 is 0 Å². The van der Waals surface area contributed by atoms with E-state index in [0.717, 1.165) is 11.1 Å². The molecule has 0 aliphatic carbocycles. The monoisotopic (exact) mass is 353 g/mol. The van der Waals surface area contributed by atoms with E-state index < -0.39 is 12.1 Å². The highest BCUT2D eigenvalue weighted by atomic mass is 19.1. The lowest BCUT2D eigenvalue weighted by Gasteiger charge is -2.29. The van der Waals surface area contributed by atoms with E-state index in [0.29, 0.717) is 22.5 Å². The molecule has 0 spiro atoms. The molecule has 1 heterocycles. The molecule has 0 saturated carbocycles. The van der Waals surface area contributed by atoms with Crippen LogP contribution >= 0.6 is 0 Å². The highest BCUT2D eigenvalue weighted by Gasteiger charge is 2.31. The van der Waals surface area contributed by atoms with Crippen molar-refractivity contribution < 1.29 is 14.0 Å². The lowest BCUT2D eigenvalue weighted by atomic mass is 9.94. The summed E-state index contributed by atoms with van der Waals surface area (Å²) in [5, 5.41) is 8.28. The molecule has 1 aliphatic rings. The summed E-state index contributed by atoms with van der Waals surface area (Å²) in [6.07, 6.45) is 0. The quantitative estimate of drug-likeness (QED) is 0.787. The minimum atomic E-state index is -0.658. The number of benzene rings is 2. The summed E-state index contributed by atoms with van der Waals surface area (Å²) >= 11 is 0. The van der Waals surface area contributed by atoms with E-state index in [1.807, 2.05) is 32.0 Å². The number of aryl methyl sites for hydroxylation is 1. The molecule has 1 aliphatic heterocycles. The molecule has 0 bridgehead atoms. The van der Waals surface area contributed by atoms with Gasteiger partial charge in [-0.15, -0.1) is 0 Å². The molecule has 0 radical (unpaired) electrons. The predicted octanol–water partition coefficient (Wildman–Crippen LogP) is 3.71. The molecular formula is C20H20FN3O2. The van der Waals surface area contributed by atoms with Gasteiger partial charge in [-0.2, -0.15) is 0 Å². The van der Waals surface area contributed by atoms with Crippen molar-refractivity contribution in [3.8, 4) is 0 Å². The van der Waals surface area contributed by atoms with E-state index in [-0.39, 0.29) is 11.7 Å². The van der Waals surface area contributed by atoms with Crippen LogP contribution in [-0.4, -0.2) is 11.9 Å². The molecule has 3 amide bonds. The molecule has 2 aromatic rings. The molecule has 5 nitrogen and oxygen atoms in total. The van der Waals surface area contributed by atoms with Crippen LogP contribution in [0.25, 0.3) is 0 Å². The van der Waals surface area contributed by atoms with Crippen molar-refractivity contribution in [3.63, 3.8) is 0 Å². The topological polar surface area (TPSA) is 70.2 Å². The third-order valence-electron chi connectivity index (χ3n) is 4.57. The average molecular weight is 353 g/mol. The van der Waals surface area contributed by atoms with Gasteiger partial charge >= 0.3 is 6.03 Å². The Bertz CT molecular complexity index is 904. The van der Waals surface area contributed by atoms with Gasteiger partial charge in [-0.25, -0.2) is 9.18 Å². The molecule has 0 fully saturated rings. The largest absolute Gasteiger partial charge is 0.327 e. The number of halogens is 1. The van der Waals surface area contributed by atoms with Crippen LogP contribution in [0.2, 0.25) is 0 Å². The average Bonchev–Trinajstić information content (AvgIpc) is 2.59. The van der Waals surface area contributed by atoms with Crippen LogP contribution in [0.1, 0.15) is 29.7 Å². The predicted molar refractivity (Wildman–Crippen MR) is 98.1 cm³/mol. The van der Waals surface area contributed by atoms with Crippen LogP contribution < -0.4 is 16.0 Å². The highest BCUT2D eigenvalue weighted by Crippen LogP contribution is 2.28. The Morgan fingerprint density at radius 3 is 2.46 bits per heavy atom. The molecule has 1 atom stereocenters. The van der Waals surface area contributed by atoms with Crippen LogP contribution in [0.3, 0.4) is 0 Å². The van der Waals surface area contributed by atoms with E-state index in [2.05, 4.69) is 16.0 Å². The lowest BCUT2D eigenvalue weighted by molar-refractivity contribution is -0.113. The van der Waals surface area contributed by atoms with Gasteiger partial charge in [-0.05, 0) is 55.7 Å². The zero-order chi connectivity index (χ0) is 18.8. The highest BCUT2D eigenvalue weighted by molar-refractivity contribution is 6.07. The summed E-state index contributed by atoms with van der Waals surface area (Å²) < 4.78 is 13.2. The van der Waals surface area contributed by atoms with Gasteiger partial charge in [0, 0.05) is 11.4 Å². The van der Waals surface area contributed by atoms with E-state index in [4.69, 9.17) is 0 Å². The summed E-state index contributed by atoms with van der Waals surface area (Å²) in [7, 11) is 0. The van der Waals surface area contributed by atoms with Crippen molar-refractivity contribution in [3.05, 3.63) is 76.2 Å². The minimum absolute atomic E-state index is 0.321. The number of hydrogen-bond donors (Lipinski definition) is 3. The third-order valence-corrected chi connectivity index (χ3v) is 4.57. The Labute approximate surface area is 151 Å². The zero-order valence-electron chi connectivity index (χ0n) is 14.8. The van der Waals surface area contributed by atoms with Crippen LogP contribution in [0, 0.1) is 19.7 Å². The smallest absolute Gasteiger partial charge is 0.319 e. The number of urea groups is 1. The van der Waals surface area contributed by atoms with Gasteiger partial charge in [0.15, 0.2) is 0 Å². The fraction of sp³-hybridized carbons (Fsp3) is 0.200. The number of carbonyl (C=O) groups excluding carboxylic acids is 2. The molecule has 3 N–H and O–H groups in total. The zero-order valence-corrected chi connectivity index (χ0v) is 14.8. The Morgan fingerprint density at radius 1 is 1.08 bits per heavy atom. The number of nitrogens with one attached hydrogen (secondary N) is 3. The number of carbonyl (C=O) groups is 2. The first kappa shape index (κ1) is 17.7. The standard InChI is InChI=1S/C20H20FN3O2/c1-11-5-4-6-16(12(11)2)23-19(25)17-13(3)22-20(26)24-18(17)14-7-9-15(21)10-8-14/h4-10,18H,1-3H3,(H,23,25)(H2,22,24,26)/t18-/m0/s1. The molecule has 0 unspecified atom stereocenters. The normalized spacial score (nSPS) is 16.8. The molecule has 0 aromatic heterocycles. The molecule has 0 saturated heterocycles. The molecule has 26 heavy (non-hydrogen) atoms. The number of anilines is 1. The van der Waals surface area contributed by atoms with Gasteiger partial charge in [-0.3, -0.25) is 4.79 Å². The first-order valence-electron chi connectivity index (χ1n) is 8.28. The van der Waals surface area contributed by atoms with Crippen LogP contribution in [0.15, 0.2) is 53.7 Å².